The van der Waals surface area contributed by atoms with Gasteiger partial charge in [0.1, 0.15) is 5.56 Å². The van der Waals surface area contributed by atoms with Crippen LogP contribution in [0.25, 0.3) is 0 Å². The molecule has 2 aromatic carbocycles. The van der Waals surface area contributed by atoms with Crippen molar-refractivity contribution in [3.05, 3.63) is 68.2 Å². The van der Waals surface area contributed by atoms with Gasteiger partial charge >= 0.3 is 5.97 Å². The molecule has 0 spiro atoms. The Morgan fingerprint density at radius 1 is 1.25 bits per heavy atom. The standard InChI is InChI=1S/C16H13ClN2O5/c1-9-4-3-5-11(14(9)19(22)23)15(20)18-13-7-6-10(8-12(13)17)16(21)24-2/h3-8H,1-2H3,(H,18,20). The lowest BCUT2D eigenvalue weighted by Crippen LogP contribution is -2.15. The van der Waals surface area contributed by atoms with Crippen LogP contribution in [-0.2, 0) is 4.74 Å². The molecule has 1 N–H and O–H groups in total. The normalized spacial score (nSPS) is 10.1. The van der Waals surface area contributed by atoms with E-state index in [2.05, 4.69) is 10.1 Å². The van der Waals surface area contributed by atoms with Crippen molar-refractivity contribution in [3.63, 3.8) is 0 Å². The molecule has 0 aliphatic carbocycles. The van der Waals surface area contributed by atoms with Crippen LogP contribution >= 0.6 is 11.6 Å². The van der Waals surface area contributed by atoms with Gasteiger partial charge in [-0.15, -0.1) is 0 Å². The number of ether oxygens (including phenoxy) is 1. The molecule has 0 bridgehead atoms. The smallest absolute Gasteiger partial charge is 0.337 e. The maximum atomic E-state index is 12.4. The summed E-state index contributed by atoms with van der Waals surface area (Å²) in [6, 6.07) is 8.66. The number of carbonyl (C=O) groups is 2. The van der Waals surface area contributed by atoms with Crippen molar-refractivity contribution in [2.45, 2.75) is 6.92 Å². The van der Waals surface area contributed by atoms with E-state index >= 15 is 0 Å². The summed E-state index contributed by atoms with van der Waals surface area (Å²) in [5, 5.41) is 13.8. The lowest BCUT2D eigenvalue weighted by molar-refractivity contribution is -0.385. The molecule has 1 amide bonds. The second-order valence-corrected chi connectivity index (χ2v) is 5.28. The molecule has 0 aliphatic heterocycles. The minimum absolute atomic E-state index is 0.0758. The molecule has 124 valence electrons. The zero-order valence-electron chi connectivity index (χ0n) is 12.8. The number of hydrogen-bond donors (Lipinski definition) is 1. The molecule has 0 saturated carbocycles. The molecule has 2 rings (SSSR count). The van der Waals surface area contributed by atoms with E-state index in [1.54, 1.807) is 19.1 Å². The number of anilines is 1. The summed E-state index contributed by atoms with van der Waals surface area (Å²) >= 11 is 6.04. The average molecular weight is 349 g/mol. The molecule has 0 aromatic heterocycles. The van der Waals surface area contributed by atoms with Gasteiger partial charge in [-0.25, -0.2) is 4.79 Å². The number of methoxy groups -OCH3 is 1. The van der Waals surface area contributed by atoms with Gasteiger partial charge in [-0.2, -0.15) is 0 Å². The molecule has 0 unspecified atom stereocenters. The Hall–Kier alpha value is -2.93. The number of nitrogens with zero attached hydrogens (tertiary/aromatic N) is 1. The Morgan fingerprint density at radius 2 is 1.96 bits per heavy atom. The number of benzene rings is 2. The van der Waals surface area contributed by atoms with E-state index in [4.69, 9.17) is 11.6 Å². The van der Waals surface area contributed by atoms with E-state index in [1.807, 2.05) is 0 Å². The third kappa shape index (κ3) is 3.52. The van der Waals surface area contributed by atoms with Gasteiger partial charge in [0.15, 0.2) is 0 Å². The molecule has 0 saturated heterocycles. The fraction of sp³-hybridized carbons (Fsp3) is 0.125. The predicted octanol–water partition coefficient (Wildman–Crippen LogP) is 3.60. The van der Waals surface area contributed by atoms with Crippen LogP contribution in [0.3, 0.4) is 0 Å². The molecular formula is C16H13ClN2O5. The third-order valence-corrected chi connectivity index (χ3v) is 3.62. The molecule has 24 heavy (non-hydrogen) atoms. The maximum absolute atomic E-state index is 12.4. The Morgan fingerprint density at radius 3 is 2.54 bits per heavy atom. The molecule has 0 aliphatic rings. The number of para-hydroxylation sites is 1. The van der Waals surface area contributed by atoms with Crippen LogP contribution < -0.4 is 5.32 Å². The Balaban J connectivity index is 2.33. The van der Waals surface area contributed by atoms with E-state index in [9.17, 15) is 19.7 Å². The van der Waals surface area contributed by atoms with Crippen LogP contribution in [-0.4, -0.2) is 23.9 Å². The lowest BCUT2D eigenvalue weighted by Gasteiger charge is -2.09. The molecule has 7 nitrogen and oxygen atoms in total. The van der Waals surface area contributed by atoms with Gasteiger partial charge in [-0.1, -0.05) is 23.7 Å². The van der Waals surface area contributed by atoms with Crippen molar-refractivity contribution in [2.75, 3.05) is 12.4 Å². The quantitative estimate of drug-likeness (QED) is 0.517. The monoisotopic (exact) mass is 348 g/mol. The minimum atomic E-state index is -0.668. The fourth-order valence-corrected chi connectivity index (χ4v) is 2.36. The second-order valence-electron chi connectivity index (χ2n) is 4.87. The van der Waals surface area contributed by atoms with Crippen LogP contribution in [0.15, 0.2) is 36.4 Å². The topological polar surface area (TPSA) is 98.5 Å². The summed E-state index contributed by atoms with van der Waals surface area (Å²) in [6.07, 6.45) is 0. The van der Waals surface area contributed by atoms with Crippen LogP contribution in [0.4, 0.5) is 11.4 Å². The molecule has 0 atom stereocenters. The number of halogens is 1. The van der Waals surface area contributed by atoms with Crippen molar-refractivity contribution in [1.82, 2.24) is 0 Å². The van der Waals surface area contributed by atoms with Crippen LogP contribution in [0.2, 0.25) is 5.02 Å². The Labute approximate surface area is 142 Å². The first-order valence-corrected chi connectivity index (χ1v) is 7.16. The van der Waals surface area contributed by atoms with Crippen LogP contribution in [0.1, 0.15) is 26.3 Å². The number of nitro groups is 1. The number of amides is 1. The summed E-state index contributed by atoms with van der Waals surface area (Å²) in [7, 11) is 1.24. The number of nitrogens with one attached hydrogen (secondary N) is 1. The first kappa shape index (κ1) is 17.4. The SMILES string of the molecule is COC(=O)c1ccc(NC(=O)c2cccc(C)c2[N+](=O)[O-])c(Cl)c1. The molecular weight excluding hydrogens is 336 g/mol. The van der Waals surface area contributed by atoms with Gasteiger partial charge in [0.25, 0.3) is 11.6 Å². The largest absolute Gasteiger partial charge is 0.465 e. The number of carbonyl (C=O) groups excluding carboxylic acids is 2. The second kappa shape index (κ2) is 7.10. The lowest BCUT2D eigenvalue weighted by atomic mass is 10.1. The van der Waals surface area contributed by atoms with Gasteiger partial charge < -0.3 is 10.1 Å². The van der Waals surface area contributed by atoms with Crippen molar-refractivity contribution in [1.29, 1.82) is 0 Å². The van der Waals surface area contributed by atoms with Gasteiger partial charge in [0.05, 0.1) is 28.3 Å². The van der Waals surface area contributed by atoms with E-state index in [0.29, 0.717) is 5.56 Å². The summed E-state index contributed by atoms with van der Waals surface area (Å²) in [5.74, 6) is -1.23. The van der Waals surface area contributed by atoms with Gasteiger partial charge in [-0.3, -0.25) is 14.9 Å². The summed E-state index contributed by atoms with van der Waals surface area (Å²) in [4.78, 5) is 34.3. The first-order chi connectivity index (χ1) is 11.3. The highest BCUT2D eigenvalue weighted by atomic mass is 35.5. The average Bonchev–Trinajstić information content (AvgIpc) is 2.55. The number of rotatable bonds is 4. The van der Waals surface area contributed by atoms with Crippen molar-refractivity contribution < 1.29 is 19.2 Å². The zero-order chi connectivity index (χ0) is 17.9. The summed E-state index contributed by atoms with van der Waals surface area (Å²) in [5.41, 5.74) is 0.484. The number of hydrogen-bond acceptors (Lipinski definition) is 5. The first-order valence-electron chi connectivity index (χ1n) is 6.78. The van der Waals surface area contributed by atoms with Crippen molar-refractivity contribution in [2.24, 2.45) is 0 Å². The summed E-state index contributed by atoms with van der Waals surface area (Å²) in [6.45, 7) is 1.55. The molecule has 0 radical (unpaired) electrons. The van der Waals surface area contributed by atoms with Gasteiger partial charge in [0, 0.05) is 5.56 Å². The maximum Gasteiger partial charge on any atom is 0.337 e. The Kier molecular flexibility index (Phi) is 5.15. The van der Waals surface area contributed by atoms with E-state index in [1.165, 1.54) is 31.4 Å². The van der Waals surface area contributed by atoms with Crippen LogP contribution in [0.5, 0.6) is 0 Å². The molecule has 8 heteroatoms. The van der Waals surface area contributed by atoms with Crippen molar-refractivity contribution >= 4 is 34.9 Å². The number of esters is 1. The highest BCUT2D eigenvalue weighted by molar-refractivity contribution is 6.34. The third-order valence-electron chi connectivity index (χ3n) is 3.30. The molecule has 0 heterocycles. The van der Waals surface area contributed by atoms with E-state index in [-0.39, 0.29) is 27.5 Å². The van der Waals surface area contributed by atoms with E-state index < -0.39 is 16.8 Å². The highest BCUT2D eigenvalue weighted by Gasteiger charge is 2.23. The molecule has 0 fully saturated rings. The van der Waals surface area contributed by atoms with E-state index in [0.717, 1.165) is 0 Å². The minimum Gasteiger partial charge on any atom is -0.465 e. The predicted molar refractivity (Wildman–Crippen MR) is 88.6 cm³/mol. The van der Waals surface area contributed by atoms with Crippen LogP contribution in [0, 0.1) is 17.0 Å². The van der Waals surface area contributed by atoms with Crippen molar-refractivity contribution in [3.8, 4) is 0 Å². The number of nitro benzene ring substituents is 1. The van der Waals surface area contributed by atoms with Gasteiger partial charge in [0.2, 0.25) is 0 Å². The molecule has 2 aromatic rings. The Bertz CT molecular complexity index is 835. The number of aryl methyl sites for hydroxylation is 1. The summed E-state index contributed by atoms with van der Waals surface area (Å²) < 4.78 is 4.58. The van der Waals surface area contributed by atoms with Gasteiger partial charge in [-0.05, 0) is 31.2 Å². The zero-order valence-corrected chi connectivity index (χ0v) is 13.6. The highest BCUT2D eigenvalue weighted by Crippen LogP contribution is 2.27. The fourth-order valence-electron chi connectivity index (χ4n) is 2.14.